The molecule has 0 saturated carbocycles. The molecule has 0 saturated heterocycles. The van der Waals surface area contributed by atoms with Crippen LogP contribution in [0, 0.1) is 12.8 Å². The molecule has 0 aliphatic rings. The number of carbonyl (C=O) groups is 2. The summed E-state index contributed by atoms with van der Waals surface area (Å²) in [6, 6.07) is 15.5. The minimum atomic E-state index is -0.980. The van der Waals surface area contributed by atoms with Crippen LogP contribution >= 0.6 is 0 Å². The van der Waals surface area contributed by atoms with Gasteiger partial charge in [0.15, 0.2) is 0 Å². The molecule has 1 atom stereocenters. The van der Waals surface area contributed by atoms with Gasteiger partial charge in [0.25, 0.3) is 11.4 Å². The van der Waals surface area contributed by atoms with Crippen LogP contribution < -0.4 is 21.3 Å². The van der Waals surface area contributed by atoms with Gasteiger partial charge in [-0.15, -0.1) is 10.2 Å². The fourth-order valence-electron chi connectivity index (χ4n) is 4.37. The highest BCUT2D eigenvalue weighted by Gasteiger charge is 2.34. The lowest BCUT2D eigenvalue weighted by atomic mass is 9.84. The number of ketones is 1. The highest BCUT2D eigenvalue weighted by molar-refractivity contribution is 5.98. The van der Waals surface area contributed by atoms with Gasteiger partial charge in [-0.2, -0.15) is 0 Å². The number of nitrogens with two attached hydrogens (primary N) is 1. The molecule has 214 valence electrons. The molecule has 3 N–H and O–H groups in total. The zero-order valence-electron chi connectivity index (χ0n) is 24.0. The number of hydrogen-bond donors (Lipinski definition) is 2. The number of anilines is 1. The first-order chi connectivity index (χ1) is 19.4. The summed E-state index contributed by atoms with van der Waals surface area (Å²) in [6.45, 7) is 8.62. The number of aromatic nitrogens is 4. The van der Waals surface area contributed by atoms with Crippen molar-refractivity contribution in [2.24, 2.45) is 5.92 Å². The van der Waals surface area contributed by atoms with E-state index in [1.165, 1.54) is 4.57 Å². The number of amides is 1. The maximum absolute atomic E-state index is 13.5. The predicted molar refractivity (Wildman–Crippen MR) is 154 cm³/mol. The van der Waals surface area contributed by atoms with Crippen molar-refractivity contribution >= 4 is 17.4 Å². The lowest BCUT2D eigenvalue weighted by molar-refractivity contribution is -0.122. The molecule has 1 amide bonds. The summed E-state index contributed by atoms with van der Waals surface area (Å²) in [6.07, 6.45) is 0. The molecule has 0 aliphatic carbocycles. The molecule has 0 bridgehead atoms. The standard InChI is InChI=1S/C30H34N6O5/c1-17(2)24(25(38)27-34-35-29(41-27)30(4,5)20-12-14-21(40-6)15-13-20)33-22(37)16-36-26(19-10-8-7-9-11-19)32-18(3)23(31)28(36)39/h7-15,17,24H,16,31H2,1-6H3,(H,33,37)/t24-/m0/s1. The van der Waals surface area contributed by atoms with Crippen LogP contribution in [0.25, 0.3) is 11.4 Å². The van der Waals surface area contributed by atoms with Gasteiger partial charge in [-0.05, 0) is 44.4 Å². The second-order valence-corrected chi connectivity index (χ2v) is 10.6. The van der Waals surface area contributed by atoms with Crippen LogP contribution in [0.3, 0.4) is 0 Å². The van der Waals surface area contributed by atoms with Crippen LogP contribution in [-0.2, 0) is 16.8 Å². The van der Waals surface area contributed by atoms with E-state index >= 15 is 0 Å². The van der Waals surface area contributed by atoms with Crippen molar-refractivity contribution in [3.63, 3.8) is 0 Å². The van der Waals surface area contributed by atoms with E-state index in [0.29, 0.717) is 22.8 Å². The summed E-state index contributed by atoms with van der Waals surface area (Å²) in [5.41, 5.74) is 6.58. The van der Waals surface area contributed by atoms with Gasteiger partial charge in [0.2, 0.25) is 17.6 Å². The van der Waals surface area contributed by atoms with Crippen molar-refractivity contribution in [3.8, 4) is 17.1 Å². The first kappa shape index (κ1) is 29.2. The second-order valence-electron chi connectivity index (χ2n) is 10.6. The van der Waals surface area contributed by atoms with Crippen molar-refractivity contribution in [3.05, 3.63) is 88.0 Å². The van der Waals surface area contributed by atoms with E-state index in [1.807, 2.05) is 44.2 Å². The molecule has 0 radical (unpaired) electrons. The number of rotatable bonds is 10. The number of Topliss-reactive ketones (excluding diaryl/α,β-unsaturated/α-hetero) is 1. The number of aryl methyl sites for hydroxylation is 1. The Morgan fingerprint density at radius 3 is 2.34 bits per heavy atom. The van der Waals surface area contributed by atoms with Crippen LogP contribution in [-0.4, -0.2) is 44.6 Å². The van der Waals surface area contributed by atoms with Crippen LogP contribution in [0.2, 0.25) is 0 Å². The van der Waals surface area contributed by atoms with Crippen LogP contribution in [0.5, 0.6) is 5.75 Å². The molecule has 0 fully saturated rings. The Kier molecular flexibility index (Phi) is 8.36. The predicted octanol–water partition coefficient (Wildman–Crippen LogP) is 3.54. The van der Waals surface area contributed by atoms with Gasteiger partial charge in [-0.3, -0.25) is 19.0 Å². The summed E-state index contributed by atoms with van der Waals surface area (Å²) < 4.78 is 12.3. The normalized spacial score (nSPS) is 12.3. The van der Waals surface area contributed by atoms with Crippen LogP contribution in [0.4, 0.5) is 5.69 Å². The third-order valence-electron chi connectivity index (χ3n) is 6.98. The van der Waals surface area contributed by atoms with E-state index in [9.17, 15) is 14.4 Å². The Labute approximate surface area is 237 Å². The number of nitrogens with zero attached hydrogens (tertiary/aromatic N) is 4. The molecule has 2 aromatic heterocycles. The maximum Gasteiger partial charge on any atom is 0.286 e. The zero-order valence-corrected chi connectivity index (χ0v) is 24.0. The Balaban J connectivity index is 1.57. The first-order valence-electron chi connectivity index (χ1n) is 13.2. The smallest absolute Gasteiger partial charge is 0.286 e. The van der Waals surface area contributed by atoms with Gasteiger partial charge < -0.3 is 20.2 Å². The highest BCUT2D eigenvalue weighted by Crippen LogP contribution is 2.32. The Morgan fingerprint density at radius 1 is 1.07 bits per heavy atom. The van der Waals surface area contributed by atoms with Crippen molar-refractivity contribution in [2.45, 2.75) is 52.6 Å². The number of methoxy groups -OCH3 is 1. The third-order valence-corrected chi connectivity index (χ3v) is 6.98. The lowest BCUT2D eigenvalue weighted by Crippen LogP contribution is -2.46. The summed E-state index contributed by atoms with van der Waals surface area (Å²) in [4.78, 5) is 44.2. The van der Waals surface area contributed by atoms with Gasteiger partial charge in [0.1, 0.15) is 23.8 Å². The Hall–Kier alpha value is -4.80. The van der Waals surface area contributed by atoms with Crippen molar-refractivity contribution < 1.29 is 18.7 Å². The minimum Gasteiger partial charge on any atom is -0.497 e. The molecule has 4 rings (SSSR count). The summed E-state index contributed by atoms with van der Waals surface area (Å²) in [5, 5.41) is 10.9. The monoisotopic (exact) mass is 558 g/mol. The first-order valence-corrected chi connectivity index (χ1v) is 13.2. The molecule has 2 aromatic carbocycles. The SMILES string of the molecule is COc1ccc(C(C)(C)c2nnc(C(=O)[C@@H](NC(=O)Cn3c(-c4ccccc4)nc(C)c(N)c3=O)C(C)C)o2)cc1. The molecular formula is C30H34N6O5. The molecule has 0 aliphatic heterocycles. The molecule has 11 nitrogen and oxygen atoms in total. The quantitative estimate of drug-likeness (QED) is 0.278. The topological polar surface area (TPSA) is 155 Å². The largest absolute Gasteiger partial charge is 0.497 e. The van der Waals surface area contributed by atoms with Gasteiger partial charge >= 0.3 is 0 Å². The third kappa shape index (κ3) is 6.03. The summed E-state index contributed by atoms with van der Waals surface area (Å²) in [5.74, 6) is -0.377. The summed E-state index contributed by atoms with van der Waals surface area (Å²) >= 11 is 0. The average Bonchev–Trinajstić information content (AvgIpc) is 3.47. The summed E-state index contributed by atoms with van der Waals surface area (Å²) in [7, 11) is 1.59. The van der Waals surface area contributed by atoms with Crippen LogP contribution in [0.15, 0.2) is 63.8 Å². The van der Waals surface area contributed by atoms with Crippen LogP contribution in [0.1, 0.15) is 55.5 Å². The number of nitrogens with one attached hydrogen (secondary N) is 1. The molecule has 2 heterocycles. The van der Waals surface area contributed by atoms with E-state index in [2.05, 4.69) is 20.5 Å². The van der Waals surface area contributed by atoms with E-state index in [4.69, 9.17) is 14.9 Å². The molecule has 41 heavy (non-hydrogen) atoms. The Bertz CT molecular complexity index is 1610. The lowest BCUT2D eigenvalue weighted by Gasteiger charge is -2.22. The number of nitrogen functional groups attached to an aromatic ring is 1. The molecule has 11 heteroatoms. The molecule has 0 spiro atoms. The fourth-order valence-corrected chi connectivity index (χ4v) is 4.37. The number of carbonyl (C=O) groups excluding carboxylic acids is 2. The minimum absolute atomic E-state index is 0.0492. The average molecular weight is 559 g/mol. The van der Waals surface area contributed by atoms with E-state index < -0.39 is 35.3 Å². The van der Waals surface area contributed by atoms with E-state index in [-0.39, 0.29) is 23.4 Å². The number of ether oxygens (including phenoxy) is 1. The van der Waals surface area contributed by atoms with Gasteiger partial charge in [-0.25, -0.2) is 4.98 Å². The van der Waals surface area contributed by atoms with E-state index in [0.717, 1.165) is 5.56 Å². The van der Waals surface area contributed by atoms with Gasteiger partial charge in [0.05, 0.1) is 24.3 Å². The molecule has 0 unspecified atom stereocenters. The maximum atomic E-state index is 13.5. The number of benzene rings is 2. The zero-order chi connectivity index (χ0) is 29.9. The molecule has 4 aromatic rings. The van der Waals surface area contributed by atoms with Gasteiger partial charge in [-0.1, -0.05) is 56.3 Å². The highest BCUT2D eigenvalue weighted by atomic mass is 16.5. The second kappa shape index (κ2) is 11.7. The van der Waals surface area contributed by atoms with Crippen molar-refractivity contribution in [1.29, 1.82) is 0 Å². The van der Waals surface area contributed by atoms with Crippen molar-refractivity contribution in [1.82, 2.24) is 25.1 Å². The van der Waals surface area contributed by atoms with Gasteiger partial charge in [0, 0.05) is 5.56 Å². The Morgan fingerprint density at radius 2 is 1.73 bits per heavy atom. The van der Waals surface area contributed by atoms with E-state index in [1.54, 1.807) is 52.1 Å². The van der Waals surface area contributed by atoms with Crippen molar-refractivity contribution in [2.75, 3.05) is 12.8 Å². The fraction of sp³-hybridized carbons (Fsp3) is 0.333. The number of hydrogen-bond acceptors (Lipinski definition) is 9. The molecular weight excluding hydrogens is 524 g/mol.